The fourth-order valence-electron chi connectivity index (χ4n) is 3.39. The molecule has 1 aliphatic heterocycles. The summed E-state index contributed by atoms with van der Waals surface area (Å²) < 4.78 is 1.81. The molecule has 2 aromatic rings. The van der Waals surface area contributed by atoms with Crippen LogP contribution in [0.15, 0.2) is 24.8 Å². The van der Waals surface area contributed by atoms with Gasteiger partial charge in [0, 0.05) is 51.7 Å². The first-order chi connectivity index (χ1) is 12.4. The van der Waals surface area contributed by atoms with Gasteiger partial charge in [-0.25, -0.2) is 4.98 Å². The normalized spacial score (nSPS) is 19.8. The molecule has 8 nitrogen and oxygen atoms in total. The molecule has 0 spiro atoms. The minimum Gasteiger partial charge on any atom is -0.386 e. The Labute approximate surface area is 153 Å². The van der Waals surface area contributed by atoms with Gasteiger partial charge in [-0.2, -0.15) is 5.10 Å². The number of aliphatic hydroxyl groups is 1. The zero-order valence-electron chi connectivity index (χ0n) is 15.6. The number of amides is 1. The molecule has 1 atom stereocenters. The summed E-state index contributed by atoms with van der Waals surface area (Å²) in [6, 6.07) is 0. The van der Waals surface area contributed by atoms with Crippen LogP contribution in [0.2, 0.25) is 0 Å². The van der Waals surface area contributed by atoms with Gasteiger partial charge in [0.05, 0.1) is 18.9 Å². The summed E-state index contributed by atoms with van der Waals surface area (Å²) in [7, 11) is 3.65. The van der Waals surface area contributed by atoms with Gasteiger partial charge in [-0.05, 0) is 25.3 Å². The van der Waals surface area contributed by atoms with E-state index in [1.165, 1.54) is 0 Å². The molecule has 3 rings (SSSR count). The quantitative estimate of drug-likeness (QED) is 0.811. The molecule has 0 bridgehead atoms. The maximum Gasteiger partial charge on any atom is 0.222 e. The summed E-state index contributed by atoms with van der Waals surface area (Å²) in [4.78, 5) is 24.5. The summed E-state index contributed by atoms with van der Waals surface area (Å²) >= 11 is 0. The third kappa shape index (κ3) is 4.01. The first-order valence-electron chi connectivity index (χ1n) is 8.83. The number of nitrogens with zero attached hydrogens (tertiary/aromatic N) is 6. The fourth-order valence-corrected chi connectivity index (χ4v) is 3.39. The van der Waals surface area contributed by atoms with Crippen molar-refractivity contribution < 1.29 is 9.90 Å². The number of rotatable bonds is 6. The number of carbonyl (C=O) groups is 1. The van der Waals surface area contributed by atoms with Crippen molar-refractivity contribution >= 4 is 11.7 Å². The highest BCUT2D eigenvalue weighted by atomic mass is 16.3. The highest BCUT2D eigenvalue weighted by Crippen LogP contribution is 2.26. The van der Waals surface area contributed by atoms with Crippen LogP contribution in [0, 0.1) is 6.92 Å². The molecule has 2 aromatic heterocycles. The van der Waals surface area contributed by atoms with Crippen LogP contribution in [0.4, 0.5) is 5.82 Å². The molecule has 1 fully saturated rings. The Morgan fingerprint density at radius 2 is 2.19 bits per heavy atom. The number of β-amino-alcohol motifs (C(OH)–C–C–N with tert-alkyl or cyclic N) is 1. The second-order valence-electron chi connectivity index (χ2n) is 7.09. The van der Waals surface area contributed by atoms with E-state index in [2.05, 4.69) is 15.1 Å². The van der Waals surface area contributed by atoms with Crippen LogP contribution in [0.5, 0.6) is 0 Å². The summed E-state index contributed by atoms with van der Waals surface area (Å²) in [5, 5.41) is 15.1. The lowest BCUT2D eigenvalue weighted by atomic mass is 10.0. The summed E-state index contributed by atoms with van der Waals surface area (Å²) in [6.07, 6.45) is 8.44. The van der Waals surface area contributed by atoms with E-state index < -0.39 is 5.60 Å². The molecule has 0 unspecified atom stereocenters. The number of hydrogen-bond acceptors (Lipinski definition) is 6. The van der Waals surface area contributed by atoms with Gasteiger partial charge in [0.2, 0.25) is 5.91 Å². The minimum atomic E-state index is -0.924. The SMILES string of the molecule is Cc1c(CCC(=O)N(C)C[C@]2(O)CCN(c3cnccn3)C2)cnn1C. The maximum absolute atomic E-state index is 12.5. The third-order valence-corrected chi connectivity index (χ3v) is 5.11. The summed E-state index contributed by atoms with van der Waals surface area (Å²) in [5.41, 5.74) is 1.24. The van der Waals surface area contributed by atoms with Crippen LogP contribution in [-0.4, -0.2) is 67.9 Å². The van der Waals surface area contributed by atoms with Gasteiger partial charge in [0.15, 0.2) is 0 Å². The van der Waals surface area contributed by atoms with E-state index in [9.17, 15) is 9.90 Å². The fraction of sp³-hybridized carbons (Fsp3) is 0.556. The van der Waals surface area contributed by atoms with Crippen LogP contribution >= 0.6 is 0 Å². The number of hydrogen-bond donors (Lipinski definition) is 1. The first-order valence-corrected chi connectivity index (χ1v) is 8.83. The van der Waals surface area contributed by atoms with Gasteiger partial charge in [-0.15, -0.1) is 0 Å². The van der Waals surface area contributed by atoms with Crippen molar-refractivity contribution in [3.05, 3.63) is 36.0 Å². The summed E-state index contributed by atoms with van der Waals surface area (Å²) in [5.74, 6) is 0.782. The monoisotopic (exact) mass is 358 g/mol. The van der Waals surface area contributed by atoms with E-state index in [0.717, 1.165) is 17.1 Å². The van der Waals surface area contributed by atoms with Crippen molar-refractivity contribution in [2.45, 2.75) is 31.8 Å². The van der Waals surface area contributed by atoms with Crippen molar-refractivity contribution in [1.29, 1.82) is 0 Å². The van der Waals surface area contributed by atoms with E-state index >= 15 is 0 Å². The standard InChI is InChI=1S/C18H26N6O2/c1-14-15(10-21-23(14)3)4-5-17(25)22(2)12-18(26)6-9-24(13-18)16-11-19-7-8-20-16/h7-8,10-11,26H,4-6,9,12-13H2,1-3H3/t18-/m1/s1. The molecule has 8 heteroatoms. The highest BCUT2D eigenvalue weighted by molar-refractivity contribution is 5.76. The molecule has 1 N–H and O–H groups in total. The second-order valence-corrected chi connectivity index (χ2v) is 7.09. The van der Waals surface area contributed by atoms with Gasteiger partial charge in [-0.1, -0.05) is 0 Å². The lowest BCUT2D eigenvalue weighted by Gasteiger charge is -2.29. The third-order valence-electron chi connectivity index (χ3n) is 5.11. The number of aromatic nitrogens is 4. The Bertz CT molecular complexity index is 762. The molecule has 140 valence electrons. The van der Waals surface area contributed by atoms with Gasteiger partial charge in [0.25, 0.3) is 0 Å². The lowest BCUT2D eigenvalue weighted by Crippen LogP contribution is -2.46. The second kappa shape index (κ2) is 7.41. The molecule has 1 saturated heterocycles. The van der Waals surface area contributed by atoms with Crippen LogP contribution in [-0.2, 0) is 18.3 Å². The zero-order chi connectivity index (χ0) is 18.7. The Morgan fingerprint density at radius 1 is 1.38 bits per heavy atom. The average Bonchev–Trinajstić information content (AvgIpc) is 3.17. The molecule has 26 heavy (non-hydrogen) atoms. The predicted octanol–water partition coefficient (Wildman–Crippen LogP) is 0.551. The Hall–Kier alpha value is -2.48. The molecule has 3 heterocycles. The predicted molar refractivity (Wildman–Crippen MR) is 97.7 cm³/mol. The number of carbonyl (C=O) groups excluding carboxylic acids is 1. The van der Waals surface area contributed by atoms with E-state index in [-0.39, 0.29) is 5.91 Å². The van der Waals surface area contributed by atoms with Gasteiger partial charge in [-0.3, -0.25) is 14.5 Å². The van der Waals surface area contributed by atoms with Crippen LogP contribution in [0.25, 0.3) is 0 Å². The first kappa shape index (κ1) is 18.3. The topological polar surface area (TPSA) is 87.4 Å². The van der Waals surface area contributed by atoms with Crippen molar-refractivity contribution in [2.75, 3.05) is 31.6 Å². The number of likely N-dealkylation sites (N-methyl/N-ethyl adjacent to an activating group) is 1. The van der Waals surface area contributed by atoms with Crippen LogP contribution in [0.1, 0.15) is 24.1 Å². The lowest BCUT2D eigenvalue weighted by molar-refractivity contribution is -0.132. The minimum absolute atomic E-state index is 0.0274. The van der Waals surface area contributed by atoms with E-state index in [1.807, 2.05) is 29.7 Å². The molecule has 0 aliphatic carbocycles. The van der Waals surface area contributed by atoms with E-state index in [0.29, 0.717) is 38.9 Å². The largest absolute Gasteiger partial charge is 0.386 e. The molecule has 1 aliphatic rings. The van der Waals surface area contributed by atoms with Crippen molar-refractivity contribution in [3.63, 3.8) is 0 Å². The summed E-state index contributed by atoms with van der Waals surface area (Å²) in [6.45, 7) is 3.46. The Balaban J connectivity index is 1.53. The molecular weight excluding hydrogens is 332 g/mol. The average molecular weight is 358 g/mol. The molecule has 1 amide bonds. The van der Waals surface area contributed by atoms with Crippen molar-refractivity contribution in [2.24, 2.45) is 7.05 Å². The zero-order valence-corrected chi connectivity index (χ0v) is 15.6. The van der Waals surface area contributed by atoms with Crippen LogP contribution in [0.3, 0.4) is 0 Å². The van der Waals surface area contributed by atoms with Crippen molar-refractivity contribution in [1.82, 2.24) is 24.6 Å². The number of aryl methyl sites for hydroxylation is 2. The maximum atomic E-state index is 12.5. The molecule has 0 aromatic carbocycles. The highest BCUT2D eigenvalue weighted by Gasteiger charge is 2.38. The van der Waals surface area contributed by atoms with E-state index in [4.69, 9.17) is 0 Å². The smallest absolute Gasteiger partial charge is 0.222 e. The number of anilines is 1. The van der Waals surface area contributed by atoms with Crippen LogP contribution < -0.4 is 4.90 Å². The van der Waals surface area contributed by atoms with Gasteiger partial charge < -0.3 is 14.9 Å². The Kier molecular flexibility index (Phi) is 5.22. The molecule has 0 radical (unpaired) electrons. The molecule has 0 saturated carbocycles. The van der Waals surface area contributed by atoms with Gasteiger partial charge in [0.1, 0.15) is 11.4 Å². The van der Waals surface area contributed by atoms with E-state index in [1.54, 1.807) is 30.5 Å². The van der Waals surface area contributed by atoms with Crippen molar-refractivity contribution in [3.8, 4) is 0 Å². The van der Waals surface area contributed by atoms with Gasteiger partial charge >= 0.3 is 0 Å². The Morgan fingerprint density at radius 3 is 2.85 bits per heavy atom. The molecular formula is C18H26N6O2.